The molecular weight excluding hydrogens is 393 g/mol. The summed E-state index contributed by atoms with van der Waals surface area (Å²) in [5.74, 6) is 0.806. The van der Waals surface area contributed by atoms with Gasteiger partial charge in [0.15, 0.2) is 0 Å². The van der Waals surface area contributed by atoms with Gasteiger partial charge >= 0.3 is 116 Å². The summed E-state index contributed by atoms with van der Waals surface area (Å²) >= 11 is 2.11. The van der Waals surface area contributed by atoms with Gasteiger partial charge in [0.2, 0.25) is 0 Å². The summed E-state index contributed by atoms with van der Waals surface area (Å²) in [4.78, 5) is 0. The molecule has 0 fully saturated rings. The Hall–Kier alpha value is 2.00. The third-order valence-electron chi connectivity index (χ3n) is 2.79. The van der Waals surface area contributed by atoms with Crippen LogP contribution in [0, 0.1) is 0 Å². The van der Waals surface area contributed by atoms with E-state index in [4.69, 9.17) is 40.0 Å². The van der Waals surface area contributed by atoms with Crippen LogP contribution in [0.15, 0.2) is 0 Å². The molecule has 0 radical (unpaired) electrons. The van der Waals surface area contributed by atoms with Crippen LogP contribution in [0.5, 0.6) is 0 Å². The zero-order chi connectivity index (χ0) is 13.7. The number of alkyl halides is 1. The summed E-state index contributed by atoms with van der Waals surface area (Å²) in [7, 11) is 17.0. The van der Waals surface area contributed by atoms with Crippen LogP contribution in [0.2, 0.25) is 0 Å². The van der Waals surface area contributed by atoms with Crippen molar-refractivity contribution < 1.29 is 19.9 Å². The Balaban J connectivity index is 2.99. The van der Waals surface area contributed by atoms with Crippen LogP contribution in [0.1, 0.15) is 64.2 Å². The number of unbranched alkanes of at least 4 members (excludes halogenated alkanes) is 9. The van der Waals surface area contributed by atoms with Crippen molar-refractivity contribution >= 4 is 37.1 Å². The zero-order valence-electron chi connectivity index (χ0n) is 10.9. The molecule has 0 bridgehead atoms. The molecule has 0 saturated heterocycles. The van der Waals surface area contributed by atoms with Crippen molar-refractivity contribution in [2.45, 2.75) is 64.2 Å². The minimum atomic E-state index is -3.51. The molecule has 1 nitrogen and oxygen atoms in total. The van der Waals surface area contributed by atoms with Crippen molar-refractivity contribution in [1.82, 2.24) is 0 Å². The predicted octanol–water partition coefficient (Wildman–Crippen LogP) is 6.67. The van der Waals surface area contributed by atoms with Crippen LogP contribution in [0.25, 0.3) is 0 Å². The summed E-state index contributed by atoms with van der Waals surface area (Å²) in [6, 6.07) is 0. The van der Waals surface area contributed by atoms with E-state index < -0.39 is 17.1 Å². The van der Waals surface area contributed by atoms with E-state index in [-0.39, 0.29) is 0 Å². The Morgan fingerprint density at radius 2 is 1.00 bits per heavy atom. The first-order valence-electron chi connectivity index (χ1n) is 6.83. The van der Waals surface area contributed by atoms with Crippen LogP contribution < -0.4 is 0 Å². The van der Waals surface area contributed by atoms with Crippen molar-refractivity contribution in [3.8, 4) is 0 Å². The Morgan fingerprint density at radius 1 is 0.611 bits per heavy atom. The molecule has 6 heteroatoms. The second kappa shape index (κ2) is 14.0. The second-order valence-corrected chi connectivity index (χ2v) is 20.7. The molecule has 110 valence electrons. The Labute approximate surface area is 133 Å². The topological polar surface area (TPSA) is 9.23 Å². The van der Waals surface area contributed by atoms with Gasteiger partial charge in [0, 0.05) is 5.88 Å². The maximum atomic E-state index is 5.68. The summed E-state index contributed by atoms with van der Waals surface area (Å²) < 4.78 is 5.21. The fraction of sp³-hybridized carbons (Fsp3) is 1.00. The monoisotopic (exact) mass is 414 g/mol. The minimum absolute atomic E-state index is 0.616. The second-order valence-electron chi connectivity index (χ2n) is 4.52. The maximum absolute atomic E-state index is 5.68. The average molecular weight is 417 g/mol. The van der Waals surface area contributed by atoms with Gasteiger partial charge in [-0.2, -0.15) is 0 Å². The van der Waals surface area contributed by atoms with E-state index in [0.29, 0.717) is 6.61 Å². The molecule has 0 spiro atoms. The van der Waals surface area contributed by atoms with Crippen LogP contribution in [-0.2, 0) is 19.9 Å². The van der Waals surface area contributed by atoms with Gasteiger partial charge in [0.25, 0.3) is 0 Å². The third-order valence-corrected chi connectivity index (χ3v) is 6.30. The van der Waals surface area contributed by atoms with Gasteiger partial charge < -0.3 is 0 Å². The molecule has 18 heavy (non-hydrogen) atoms. The predicted molar refractivity (Wildman–Crippen MR) is 80.4 cm³/mol. The van der Waals surface area contributed by atoms with Crippen molar-refractivity contribution in [2.24, 2.45) is 0 Å². The molecule has 0 heterocycles. The van der Waals surface area contributed by atoms with E-state index in [9.17, 15) is 0 Å². The molecular formula is C12H24Cl4OZr. The molecule has 0 atom stereocenters. The summed E-state index contributed by atoms with van der Waals surface area (Å²) in [5.41, 5.74) is 0. The number of hydrogen-bond donors (Lipinski definition) is 0. The van der Waals surface area contributed by atoms with Crippen LogP contribution in [0.3, 0.4) is 0 Å². The van der Waals surface area contributed by atoms with Gasteiger partial charge in [-0.15, -0.1) is 11.6 Å². The number of rotatable bonds is 13. The van der Waals surface area contributed by atoms with Crippen LogP contribution in [0.4, 0.5) is 0 Å². The SMILES string of the molecule is ClCCCCCCCCCCCC[O][Zr]([Cl])([Cl])[Cl]. The quantitative estimate of drug-likeness (QED) is 0.240. The Morgan fingerprint density at radius 3 is 1.39 bits per heavy atom. The molecule has 0 aromatic carbocycles. The standard InChI is InChI=1S/C12H24ClO.3ClH.Zr/c13-11-9-7-5-3-1-2-4-6-8-10-12-14;;;;/h1-12H2;3*1H;/q-1;;;;+4/p-3. The molecule has 0 aromatic rings. The molecule has 0 amide bonds. The molecule has 0 aliphatic rings. The molecule has 0 unspecified atom stereocenters. The third kappa shape index (κ3) is 18.0. The van der Waals surface area contributed by atoms with Gasteiger partial charge in [-0.25, -0.2) is 0 Å². The van der Waals surface area contributed by atoms with Crippen molar-refractivity contribution in [2.75, 3.05) is 12.5 Å². The molecule has 0 aliphatic heterocycles. The summed E-state index contributed by atoms with van der Waals surface area (Å²) in [6.07, 6.45) is 12.6. The summed E-state index contributed by atoms with van der Waals surface area (Å²) in [5, 5.41) is 0. The van der Waals surface area contributed by atoms with Crippen LogP contribution >= 0.6 is 37.1 Å². The van der Waals surface area contributed by atoms with E-state index in [1.165, 1.54) is 51.4 Å². The van der Waals surface area contributed by atoms with E-state index >= 15 is 0 Å². The number of hydrogen-bond acceptors (Lipinski definition) is 1. The Kier molecular flexibility index (Phi) is 15.5. The normalized spacial score (nSPS) is 12.0. The van der Waals surface area contributed by atoms with E-state index in [1.807, 2.05) is 0 Å². The fourth-order valence-electron chi connectivity index (χ4n) is 1.80. The fourth-order valence-corrected chi connectivity index (χ4v) is 4.28. The van der Waals surface area contributed by atoms with E-state index in [2.05, 4.69) is 0 Å². The first-order chi connectivity index (χ1) is 8.56. The molecule has 0 aliphatic carbocycles. The molecule has 0 rings (SSSR count). The Bertz CT molecular complexity index is 176. The molecule has 0 N–H and O–H groups in total. The van der Waals surface area contributed by atoms with Crippen LogP contribution in [-0.4, -0.2) is 12.5 Å². The molecule has 0 aromatic heterocycles. The van der Waals surface area contributed by atoms with Gasteiger partial charge in [-0.1, -0.05) is 0 Å². The zero-order valence-corrected chi connectivity index (χ0v) is 16.4. The van der Waals surface area contributed by atoms with Gasteiger partial charge in [0.05, 0.1) is 0 Å². The average Bonchev–Trinajstić information content (AvgIpc) is 2.29. The summed E-state index contributed by atoms with van der Waals surface area (Å²) in [6.45, 7) is 0.616. The van der Waals surface area contributed by atoms with Gasteiger partial charge in [-0.05, 0) is 0 Å². The van der Waals surface area contributed by atoms with E-state index in [0.717, 1.165) is 18.7 Å². The van der Waals surface area contributed by atoms with E-state index in [1.54, 1.807) is 0 Å². The molecule has 0 saturated carbocycles. The van der Waals surface area contributed by atoms with Crippen molar-refractivity contribution in [1.29, 1.82) is 0 Å². The first kappa shape index (κ1) is 20.0. The van der Waals surface area contributed by atoms with Gasteiger partial charge in [-0.3, -0.25) is 0 Å². The first-order valence-corrected chi connectivity index (χ1v) is 17.9. The van der Waals surface area contributed by atoms with Crippen molar-refractivity contribution in [3.63, 3.8) is 0 Å². The van der Waals surface area contributed by atoms with Gasteiger partial charge in [0.1, 0.15) is 0 Å². The number of halogens is 4. The van der Waals surface area contributed by atoms with Crippen molar-refractivity contribution in [3.05, 3.63) is 0 Å².